The van der Waals surface area contributed by atoms with Crippen LogP contribution in [0.1, 0.15) is 30.0 Å². The Morgan fingerprint density at radius 2 is 1.88 bits per heavy atom. The minimum absolute atomic E-state index is 0.174. The van der Waals surface area contributed by atoms with Crippen molar-refractivity contribution >= 4 is 11.9 Å². The summed E-state index contributed by atoms with van der Waals surface area (Å²) in [6, 6.07) is 5.94. The van der Waals surface area contributed by atoms with Gasteiger partial charge in [-0.1, -0.05) is 43.5 Å². The summed E-state index contributed by atoms with van der Waals surface area (Å²) in [7, 11) is 0. The summed E-state index contributed by atoms with van der Waals surface area (Å²) < 4.78 is 10.7. The second-order valence-electron chi connectivity index (χ2n) is 6.68. The summed E-state index contributed by atoms with van der Waals surface area (Å²) in [5, 5.41) is 0. The third kappa shape index (κ3) is 4.31. The SMILES string of the molecule is C=C1CC(OC(=O)Cc2ccc(C)cc2C)C(=C)C(C(=O)OCC)C1=C. The van der Waals surface area contributed by atoms with E-state index in [4.69, 9.17) is 9.47 Å². The fraction of sp³-hybridized carbons (Fsp3) is 0.364. The quantitative estimate of drug-likeness (QED) is 0.592. The molecule has 1 aromatic rings. The lowest BCUT2D eigenvalue weighted by Gasteiger charge is -2.33. The average Bonchev–Trinajstić information content (AvgIpc) is 2.55. The highest BCUT2D eigenvalue weighted by Crippen LogP contribution is 2.37. The Kier molecular flexibility index (Phi) is 6.19. The number of benzene rings is 1. The van der Waals surface area contributed by atoms with Crippen molar-refractivity contribution in [2.75, 3.05) is 6.61 Å². The Morgan fingerprint density at radius 1 is 1.19 bits per heavy atom. The highest BCUT2D eigenvalue weighted by Gasteiger charge is 2.38. The zero-order chi connectivity index (χ0) is 19.4. The molecule has 1 fully saturated rings. The maximum absolute atomic E-state index is 12.4. The first-order valence-electron chi connectivity index (χ1n) is 8.72. The summed E-state index contributed by atoms with van der Waals surface area (Å²) in [4.78, 5) is 24.7. The first-order valence-corrected chi connectivity index (χ1v) is 8.72. The third-order valence-electron chi connectivity index (χ3n) is 4.65. The second kappa shape index (κ2) is 8.17. The number of ether oxygens (including phenoxy) is 2. The molecule has 1 aromatic carbocycles. The van der Waals surface area contributed by atoms with Crippen LogP contribution in [-0.2, 0) is 25.5 Å². The van der Waals surface area contributed by atoms with Crippen molar-refractivity contribution in [3.63, 3.8) is 0 Å². The molecule has 4 heteroatoms. The minimum atomic E-state index is -0.713. The maximum Gasteiger partial charge on any atom is 0.317 e. The van der Waals surface area contributed by atoms with Crippen LogP contribution in [0.4, 0.5) is 0 Å². The lowest BCUT2D eigenvalue weighted by molar-refractivity contribution is -0.151. The van der Waals surface area contributed by atoms with Gasteiger partial charge in [0.05, 0.1) is 13.0 Å². The van der Waals surface area contributed by atoms with Gasteiger partial charge in [0.25, 0.3) is 0 Å². The predicted octanol–water partition coefficient (Wildman–Crippen LogP) is 4.01. The monoisotopic (exact) mass is 354 g/mol. The molecule has 0 saturated heterocycles. The normalized spacial score (nSPS) is 20.0. The van der Waals surface area contributed by atoms with Gasteiger partial charge in [0, 0.05) is 6.42 Å². The Bertz CT molecular complexity index is 772. The van der Waals surface area contributed by atoms with Crippen LogP contribution in [-0.4, -0.2) is 24.6 Å². The zero-order valence-corrected chi connectivity index (χ0v) is 15.8. The van der Waals surface area contributed by atoms with E-state index in [1.165, 1.54) is 0 Å². The maximum atomic E-state index is 12.4. The van der Waals surface area contributed by atoms with E-state index >= 15 is 0 Å². The third-order valence-corrected chi connectivity index (χ3v) is 4.65. The van der Waals surface area contributed by atoms with E-state index in [0.29, 0.717) is 23.1 Å². The fourth-order valence-corrected chi connectivity index (χ4v) is 3.14. The van der Waals surface area contributed by atoms with E-state index in [2.05, 4.69) is 19.7 Å². The molecule has 0 N–H and O–H groups in total. The number of hydrogen-bond acceptors (Lipinski definition) is 4. The molecule has 1 saturated carbocycles. The van der Waals surface area contributed by atoms with Gasteiger partial charge in [0.15, 0.2) is 0 Å². The number of aryl methyl sites for hydroxylation is 2. The van der Waals surface area contributed by atoms with E-state index in [-0.39, 0.29) is 19.0 Å². The van der Waals surface area contributed by atoms with Crippen molar-refractivity contribution in [1.82, 2.24) is 0 Å². The molecule has 1 aliphatic carbocycles. The van der Waals surface area contributed by atoms with E-state index in [1.54, 1.807) is 6.92 Å². The number of carbonyl (C=O) groups excluding carboxylic acids is 2. The molecule has 138 valence electrons. The van der Waals surface area contributed by atoms with Gasteiger partial charge in [-0.15, -0.1) is 0 Å². The van der Waals surface area contributed by atoms with Crippen LogP contribution >= 0.6 is 0 Å². The summed E-state index contributed by atoms with van der Waals surface area (Å²) in [6.45, 7) is 17.8. The van der Waals surface area contributed by atoms with Crippen molar-refractivity contribution in [1.29, 1.82) is 0 Å². The van der Waals surface area contributed by atoms with E-state index in [0.717, 1.165) is 16.7 Å². The summed E-state index contributed by atoms with van der Waals surface area (Å²) in [6.07, 6.45) is -0.0276. The Morgan fingerprint density at radius 3 is 2.50 bits per heavy atom. The molecule has 1 aliphatic rings. The van der Waals surface area contributed by atoms with Crippen molar-refractivity contribution in [3.8, 4) is 0 Å². The van der Waals surface area contributed by atoms with E-state index < -0.39 is 18.0 Å². The summed E-state index contributed by atoms with van der Waals surface area (Å²) >= 11 is 0. The van der Waals surface area contributed by atoms with Crippen molar-refractivity contribution in [2.24, 2.45) is 5.92 Å². The van der Waals surface area contributed by atoms with Crippen LogP contribution in [0.2, 0.25) is 0 Å². The van der Waals surface area contributed by atoms with Gasteiger partial charge >= 0.3 is 11.9 Å². The smallest absolute Gasteiger partial charge is 0.317 e. The summed E-state index contributed by atoms with van der Waals surface area (Å²) in [5.41, 5.74) is 4.87. The first-order chi connectivity index (χ1) is 12.2. The van der Waals surface area contributed by atoms with Crippen molar-refractivity contribution in [3.05, 3.63) is 71.3 Å². The van der Waals surface area contributed by atoms with Crippen LogP contribution in [0, 0.1) is 19.8 Å². The molecule has 2 rings (SSSR count). The molecule has 0 bridgehead atoms. The molecular formula is C22H26O4. The van der Waals surface area contributed by atoms with Crippen molar-refractivity contribution in [2.45, 2.75) is 39.7 Å². The molecule has 2 unspecified atom stereocenters. The van der Waals surface area contributed by atoms with Gasteiger partial charge in [-0.25, -0.2) is 0 Å². The van der Waals surface area contributed by atoms with Crippen LogP contribution in [0.15, 0.2) is 54.7 Å². The lowest BCUT2D eigenvalue weighted by Crippen LogP contribution is -2.35. The Balaban J connectivity index is 2.11. The van der Waals surface area contributed by atoms with Crippen LogP contribution < -0.4 is 0 Å². The number of hydrogen-bond donors (Lipinski definition) is 0. The predicted molar refractivity (Wildman–Crippen MR) is 102 cm³/mol. The minimum Gasteiger partial charge on any atom is -0.465 e. The van der Waals surface area contributed by atoms with Gasteiger partial charge < -0.3 is 9.47 Å². The molecule has 2 atom stereocenters. The van der Waals surface area contributed by atoms with Gasteiger partial charge in [0.2, 0.25) is 0 Å². The molecule has 0 aliphatic heterocycles. The van der Waals surface area contributed by atoms with Gasteiger partial charge in [-0.3, -0.25) is 9.59 Å². The zero-order valence-electron chi connectivity index (χ0n) is 15.8. The lowest BCUT2D eigenvalue weighted by atomic mass is 9.77. The van der Waals surface area contributed by atoms with Gasteiger partial charge in [0.1, 0.15) is 12.0 Å². The average molecular weight is 354 g/mol. The molecule has 0 spiro atoms. The number of carbonyl (C=O) groups is 2. The van der Waals surface area contributed by atoms with Gasteiger partial charge in [-0.05, 0) is 48.6 Å². The first kappa shape index (κ1) is 19.7. The Labute approximate surface area is 155 Å². The number of esters is 2. The molecule has 0 radical (unpaired) electrons. The molecule has 0 aromatic heterocycles. The largest absolute Gasteiger partial charge is 0.465 e. The molecule has 0 amide bonds. The topological polar surface area (TPSA) is 52.6 Å². The van der Waals surface area contributed by atoms with Crippen LogP contribution in [0.5, 0.6) is 0 Å². The van der Waals surface area contributed by atoms with E-state index in [9.17, 15) is 9.59 Å². The molecule has 4 nitrogen and oxygen atoms in total. The summed E-state index contributed by atoms with van der Waals surface area (Å²) in [5.74, 6) is -1.50. The van der Waals surface area contributed by atoms with Crippen LogP contribution in [0.3, 0.4) is 0 Å². The second-order valence-corrected chi connectivity index (χ2v) is 6.68. The Hall–Kier alpha value is -2.62. The van der Waals surface area contributed by atoms with E-state index in [1.807, 2.05) is 32.0 Å². The highest BCUT2D eigenvalue weighted by atomic mass is 16.5. The van der Waals surface area contributed by atoms with Crippen LogP contribution in [0.25, 0.3) is 0 Å². The standard InChI is InChI=1S/C22H26O4/c1-7-25-22(24)21-16(5)14(3)11-19(17(21)6)26-20(23)12-18-9-8-13(2)10-15(18)4/h8-10,19,21H,3,5-7,11-12H2,1-2,4H3. The molecule has 26 heavy (non-hydrogen) atoms. The van der Waals surface area contributed by atoms with Gasteiger partial charge in [-0.2, -0.15) is 0 Å². The van der Waals surface area contributed by atoms with Crippen molar-refractivity contribution < 1.29 is 19.1 Å². The molecular weight excluding hydrogens is 328 g/mol. The molecule has 0 heterocycles. The highest BCUT2D eigenvalue weighted by molar-refractivity contribution is 5.82. The fourth-order valence-electron chi connectivity index (χ4n) is 3.14. The number of rotatable bonds is 5.